The topological polar surface area (TPSA) is 12.9 Å². The molecule has 1 heterocycles. The molecule has 146 valence electrons. The highest BCUT2D eigenvalue weighted by molar-refractivity contribution is 5.59. The summed E-state index contributed by atoms with van der Waals surface area (Å²) in [5, 5.41) is 0. The van der Waals surface area contributed by atoms with Crippen molar-refractivity contribution in [3.8, 4) is 11.3 Å². The highest BCUT2D eigenvalue weighted by Crippen LogP contribution is 2.37. The second kappa shape index (κ2) is 10.6. The lowest BCUT2D eigenvalue weighted by Crippen LogP contribution is -2.13. The summed E-state index contributed by atoms with van der Waals surface area (Å²) in [5.41, 5.74) is 5.25. The highest BCUT2D eigenvalue weighted by Gasteiger charge is 2.21. The first-order chi connectivity index (χ1) is 13.3. The van der Waals surface area contributed by atoms with Gasteiger partial charge in [-0.3, -0.25) is 4.98 Å². The van der Waals surface area contributed by atoms with Crippen LogP contribution in [0.15, 0.2) is 42.6 Å². The van der Waals surface area contributed by atoms with Crippen LogP contribution in [0.1, 0.15) is 95.1 Å². The zero-order valence-electron chi connectivity index (χ0n) is 17.4. The van der Waals surface area contributed by atoms with Crippen molar-refractivity contribution < 1.29 is 0 Å². The Kier molecular flexibility index (Phi) is 7.93. The van der Waals surface area contributed by atoms with Gasteiger partial charge in [0, 0.05) is 11.8 Å². The molecule has 0 atom stereocenters. The monoisotopic (exact) mass is 363 g/mol. The number of rotatable bonds is 9. The largest absolute Gasteiger partial charge is 0.256 e. The van der Waals surface area contributed by atoms with Crippen LogP contribution in [0.4, 0.5) is 0 Å². The van der Waals surface area contributed by atoms with Gasteiger partial charge in [-0.05, 0) is 67.6 Å². The van der Waals surface area contributed by atoms with E-state index in [4.69, 9.17) is 4.98 Å². The number of aryl methyl sites for hydroxylation is 1. The van der Waals surface area contributed by atoms with Crippen molar-refractivity contribution in [1.82, 2.24) is 4.98 Å². The molecule has 1 aromatic carbocycles. The Morgan fingerprint density at radius 3 is 2.22 bits per heavy atom. The molecule has 2 aromatic rings. The molecule has 1 aliphatic carbocycles. The van der Waals surface area contributed by atoms with Crippen molar-refractivity contribution in [2.45, 2.75) is 90.4 Å². The summed E-state index contributed by atoms with van der Waals surface area (Å²) < 4.78 is 0. The Hall–Kier alpha value is -1.63. The van der Waals surface area contributed by atoms with Crippen LogP contribution in [-0.2, 0) is 6.42 Å². The predicted octanol–water partition coefficient (Wildman–Crippen LogP) is 7.95. The van der Waals surface area contributed by atoms with Crippen LogP contribution in [0.3, 0.4) is 0 Å². The fourth-order valence-electron chi connectivity index (χ4n) is 4.62. The minimum absolute atomic E-state index is 0.769. The molecule has 0 bridgehead atoms. The molecule has 1 heteroatoms. The summed E-state index contributed by atoms with van der Waals surface area (Å²) in [6.07, 6.45) is 16.8. The van der Waals surface area contributed by atoms with Crippen LogP contribution in [0.2, 0.25) is 0 Å². The lowest BCUT2D eigenvalue weighted by molar-refractivity contribution is 0.308. The van der Waals surface area contributed by atoms with Crippen molar-refractivity contribution in [3.05, 3.63) is 53.7 Å². The lowest BCUT2D eigenvalue weighted by Gasteiger charge is -2.28. The SMILES string of the molecule is CCCCCCc1ccc(-c2ccc(C3CCC(CCC)CC3)cc2)nc1. The van der Waals surface area contributed by atoms with Crippen LogP contribution in [0.25, 0.3) is 11.3 Å². The molecular formula is C26H37N. The van der Waals surface area contributed by atoms with Crippen molar-refractivity contribution >= 4 is 0 Å². The first-order valence-corrected chi connectivity index (χ1v) is 11.4. The number of nitrogens with zero attached hydrogens (tertiary/aromatic N) is 1. The van der Waals surface area contributed by atoms with E-state index < -0.39 is 0 Å². The van der Waals surface area contributed by atoms with E-state index in [1.807, 2.05) is 0 Å². The van der Waals surface area contributed by atoms with Crippen molar-refractivity contribution in [2.24, 2.45) is 5.92 Å². The van der Waals surface area contributed by atoms with Gasteiger partial charge in [-0.2, -0.15) is 0 Å². The third kappa shape index (κ3) is 5.92. The Balaban J connectivity index is 1.54. The van der Waals surface area contributed by atoms with Crippen molar-refractivity contribution in [1.29, 1.82) is 0 Å². The number of hydrogen-bond acceptors (Lipinski definition) is 1. The van der Waals surface area contributed by atoms with Crippen molar-refractivity contribution in [3.63, 3.8) is 0 Å². The van der Waals surface area contributed by atoms with Crippen LogP contribution in [0, 0.1) is 5.92 Å². The summed E-state index contributed by atoms with van der Waals surface area (Å²) in [7, 11) is 0. The van der Waals surface area contributed by atoms with Crippen LogP contribution >= 0.6 is 0 Å². The molecule has 1 fully saturated rings. The van der Waals surface area contributed by atoms with Gasteiger partial charge in [0.15, 0.2) is 0 Å². The molecular weight excluding hydrogens is 326 g/mol. The van der Waals surface area contributed by atoms with Gasteiger partial charge in [0.2, 0.25) is 0 Å². The second-order valence-electron chi connectivity index (χ2n) is 8.49. The zero-order valence-corrected chi connectivity index (χ0v) is 17.4. The van der Waals surface area contributed by atoms with Gasteiger partial charge in [0.1, 0.15) is 0 Å². The summed E-state index contributed by atoms with van der Waals surface area (Å²) in [6.45, 7) is 4.58. The molecule has 0 spiro atoms. The fraction of sp³-hybridized carbons (Fsp3) is 0.577. The Labute approximate surface area is 166 Å². The summed E-state index contributed by atoms with van der Waals surface area (Å²) in [6, 6.07) is 13.7. The predicted molar refractivity (Wildman–Crippen MR) is 117 cm³/mol. The third-order valence-corrected chi connectivity index (χ3v) is 6.37. The van der Waals surface area contributed by atoms with Gasteiger partial charge in [-0.25, -0.2) is 0 Å². The fourth-order valence-corrected chi connectivity index (χ4v) is 4.62. The van der Waals surface area contributed by atoms with Crippen LogP contribution in [0.5, 0.6) is 0 Å². The van der Waals surface area contributed by atoms with Gasteiger partial charge in [0.25, 0.3) is 0 Å². The maximum atomic E-state index is 4.72. The van der Waals surface area contributed by atoms with E-state index in [1.165, 1.54) is 80.9 Å². The second-order valence-corrected chi connectivity index (χ2v) is 8.49. The van der Waals surface area contributed by atoms with E-state index >= 15 is 0 Å². The number of unbranched alkanes of at least 4 members (excludes halogenated alkanes) is 3. The number of pyridine rings is 1. The number of hydrogen-bond donors (Lipinski definition) is 0. The van der Waals surface area contributed by atoms with Gasteiger partial charge < -0.3 is 0 Å². The Morgan fingerprint density at radius 2 is 1.59 bits per heavy atom. The van der Waals surface area contributed by atoms with Gasteiger partial charge in [0.05, 0.1) is 5.69 Å². The molecule has 0 radical (unpaired) electrons. The van der Waals surface area contributed by atoms with E-state index in [9.17, 15) is 0 Å². The normalized spacial score (nSPS) is 19.9. The first kappa shape index (κ1) is 20.1. The smallest absolute Gasteiger partial charge is 0.0702 e. The van der Waals surface area contributed by atoms with E-state index in [2.05, 4.69) is 56.4 Å². The molecule has 0 aliphatic heterocycles. The van der Waals surface area contributed by atoms with E-state index in [-0.39, 0.29) is 0 Å². The quantitative estimate of drug-likeness (QED) is 0.412. The Morgan fingerprint density at radius 1 is 0.815 bits per heavy atom. The molecule has 0 N–H and O–H groups in total. The molecule has 1 nitrogen and oxygen atoms in total. The molecule has 0 amide bonds. The van der Waals surface area contributed by atoms with E-state index in [0.717, 1.165) is 24.0 Å². The van der Waals surface area contributed by atoms with Crippen LogP contribution < -0.4 is 0 Å². The molecule has 1 saturated carbocycles. The third-order valence-electron chi connectivity index (χ3n) is 6.37. The molecule has 1 aromatic heterocycles. The Bertz CT molecular complexity index is 648. The van der Waals surface area contributed by atoms with Gasteiger partial charge in [-0.15, -0.1) is 0 Å². The first-order valence-electron chi connectivity index (χ1n) is 11.4. The highest BCUT2D eigenvalue weighted by atomic mass is 14.7. The van der Waals surface area contributed by atoms with Gasteiger partial charge >= 0.3 is 0 Å². The van der Waals surface area contributed by atoms with Crippen molar-refractivity contribution in [2.75, 3.05) is 0 Å². The molecule has 27 heavy (non-hydrogen) atoms. The average molecular weight is 364 g/mol. The van der Waals surface area contributed by atoms with Crippen LogP contribution in [-0.4, -0.2) is 4.98 Å². The zero-order chi connectivity index (χ0) is 18.9. The summed E-state index contributed by atoms with van der Waals surface area (Å²) >= 11 is 0. The minimum Gasteiger partial charge on any atom is -0.256 e. The summed E-state index contributed by atoms with van der Waals surface area (Å²) in [5.74, 6) is 1.75. The van der Waals surface area contributed by atoms with E-state index in [1.54, 1.807) is 0 Å². The van der Waals surface area contributed by atoms with Gasteiger partial charge in [-0.1, -0.05) is 76.3 Å². The minimum atomic E-state index is 0.769. The molecule has 1 aliphatic rings. The maximum Gasteiger partial charge on any atom is 0.0702 e. The van der Waals surface area contributed by atoms with E-state index in [0.29, 0.717) is 0 Å². The molecule has 0 unspecified atom stereocenters. The number of aromatic nitrogens is 1. The average Bonchev–Trinajstić information content (AvgIpc) is 2.73. The standard InChI is InChI=1S/C26H37N/c1-3-5-6-7-9-22-12-19-26(27-20-22)25-17-15-24(16-18-25)23-13-10-21(8-4-2)11-14-23/h12,15-21,23H,3-11,13-14H2,1-2H3. The summed E-state index contributed by atoms with van der Waals surface area (Å²) in [4.78, 5) is 4.72. The number of benzene rings is 1. The maximum absolute atomic E-state index is 4.72. The lowest BCUT2D eigenvalue weighted by atomic mass is 9.77. The molecule has 0 saturated heterocycles. The molecule has 3 rings (SSSR count).